The van der Waals surface area contributed by atoms with Gasteiger partial charge >= 0.3 is 5.97 Å². The smallest absolute Gasteiger partial charge is 0.342 e. The summed E-state index contributed by atoms with van der Waals surface area (Å²) in [7, 11) is 0. The van der Waals surface area contributed by atoms with Crippen LogP contribution >= 0.6 is 27.5 Å². The number of carbonyl (C=O) groups is 1. The Morgan fingerprint density at radius 2 is 1.95 bits per heavy atom. The van der Waals surface area contributed by atoms with Gasteiger partial charge in [-0.1, -0.05) is 51.8 Å². The Bertz CT molecular complexity index is 596. The third-order valence-electron chi connectivity index (χ3n) is 2.57. The summed E-state index contributed by atoms with van der Waals surface area (Å²) in [6.07, 6.45) is 0. The first kappa shape index (κ1) is 13.9. The molecule has 0 bridgehead atoms. The third kappa shape index (κ3) is 3.28. The molecule has 0 aliphatic heterocycles. The normalized spacial score (nSPS) is 10.2. The molecule has 2 rings (SSSR count). The quantitative estimate of drug-likeness (QED) is 0.677. The average molecular weight is 341 g/mol. The number of nitrogen functional groups attached to an aromatic ring is 1. The summed E-state index contributed by atoms with van der Waals surface area (Å²) in [5.41, 5.74) is 7.12. The first-order valence-electron chi connectivity index (χ1n) is 5.54. The van der Waals surface area contributed by atoms with Crippen LogP contribution in [0.3, 0.4) is 0 Å². The standard InChI is InChI=1S/C14H11BrClNO2/c15-10-5-2-1-4-9(10)8-19-14(18)13-11(16)6-3-7-12(13)17/h1-7H,8,17H2. The van der Waals surface area contributed by atoms with E-state index in [2.05, 4.69) is 15.9 Å². The number of benzene rings is 2. The second-order valence-electron chi connectivity index (χ2n) is 3.87. The van der Waals surface area contributed by atoms with Gasteiger partial charge in [0, 0.05) is 15.7 Å². The van der Waals surface area contributed by atoms with Crippen LogP contribution in [0.5, 0.6) is 0 Å². The predicted molar refractivity (Wildman–Crippen MR) is 79.1 cm³/mol. The number of hydrogen-bond acceptors (Lipinski definition) is 3. The number of nitrogens with two attached hydrogens (primary N) is 1. The van der Waals surface area contributed by atoms with Crippen molar-refractivity contribution in [1.82, 2.24) is 0 Å². The van der Waals surface area contributed by atoms with Crippen LogP contribution < -0.4 is 5.73 Å². The second-order valence-corrected chi connectivity index (χ2v) is 5.13. The highest BCUT2D eigenvalue weighted by Gasteiger charge is 2.15. The van der Waals surface area contributed by atoms with Crippen LogP contribution in [0.1, 0.15) is 15.9 Å². The number of ether oxygens (including phenoxy) is 1. The molecule has 0 spiro atoms. The van der Waals surface area contributed by atoms with Gasteiger partial charge in [-0.05, 0) is 18.2 Å². The molecule has 2 aromatic rings. The van der Waals surface area contributed by atoms with Gasteiger partial charge < -0.3 is 10.5 Å². The van der Waals surface area contributed by atoms with E-state index in [0.29, 0.717) is 5.69 Å². The van der Waals surface area contributed by atoms with Crippen molar-refractivity contribution >= 4 is 39.2 Å². The molecule has 0 saturated carbocycles. The Balaban J connectivity index is 2.13. The molecule has 0 aliphatic rings. The summed E-state index contributed by atoms with van der Waals surface area (Å²) in [6.45, 7) is 0.158. The summed E-state index contributed by atoms with van der Waals surface area (Å²) in [5, 5.41) is 0.289. The van der Waals surface area contributed by atoms with Gasteiger partial charge in [-0.3, -0.25) is 0 Å². The Hall–Kier alpha value is -1.52. The number of anilines is 1. The molecule has 0 saturated heterocycles. The van der Waals surface area contributed by atoms with E-state index in [-0.39, 0.29) is 17.2 Å². The summed E-state index contributed by atoms with van der Waals surface area (Å²) in [5.74, 6) is -0.529. The maximum Gasteiger partial charge on any atom is 0.342 e. The Labute approximate surface area is 124 Å². The number of hydrogen-bond donors (Lipinski definition) is 1. The first-order valence-corrected chi connectivity index (χ1v) is 6.71. The summed E-state index contributed by atoms with van der Waals surface area (Å²) in [4.78, 5) is 12.0. The van der Waals surface area contributed by atoms with Gasteiger partial charge in [-0.2, -0.15) is 0 Å². The molecule has 3 nitrogen and oxygen atoms in total. The van der Waals surface area contributed by atoms with E-state index >= 15 is 0 Å². The van der Waals surface area contributed by atoms with E-state index in [1.54, 1.807) is 18.2 Å². The van der Waals surface area contributed by atoms with E-state index in [1.165, 1.54) is 0 Å². The van der Waals surface area contributed by atoms with Gasteiger partial charge in [0.25, 0.3) is 0 Å². The van der Waals surface area contributed by atoms with Crippen molar-refractivity contribution in [2.24, 2.45) is 0 Å². The summed E-state index contributed by atoms with van der Waals surface area (Å²) < 4.78 is 6.11. The van der Waals surface area contributed by atoms with Crippen LogP contribution in [0.15, 0.2) is 46.9 Å². The number of halogens is 2. The molecule has 0 radical (unpaired) electrons. The molecule has 0 aliphatic carbocycles. The molecule has 0 amide bonds. The molecular weight excluding hydrogens is 330 g/mol. The largest absolute Gasteiger partial charge is 0.457 e. The molecule has 5 heteroatoms. The lowest BCUT2D eigenvalue weighted by Gasteiger charge is -2.09. The van der Waals surface area contributed by atoms with Crippen molar-refractivity contribution in [3.63, 3.8) is 0 Å². The van der Waals surface area contributed by atoms with Gasteiger partial charge in [0.2, 0.25) is 0 Å². The van der Waals surface area contributed by atoms with Gasteiger partial charge in [-0.25, -0.2) is 4.79 Å². The zero-order chi connectivity index (χ0) is 13.8. The molecular formula is C14H11BrClNO2. The van der Waals surface area contributed by atoms with E-state index in [9.17, 15) is 4.79 Å². The highest BCUT2D eigenvalue weighted by molar-refractivity contribution is 9.10. The first-order chi connectivity index (χ1) is 9.09. The van der Waals surface area contributed by atoms with Crippen molar-refractivity contribution < 1.29 is 9.53 Å². The monoisotopic (exact) mass is 339 g/mol. The molecule has 0 atom stereocenters. The van der Waals surface area contributed by atoms with E-state index < -0.39 is 5.97 Å². The van der Waals surface area contributed by atoms with Crippen LogP contribution in [0, 0.1) is 0 Å². The van der Waals surface area contributed by atoms with Gasteiger partial charge in [0.15, 0.2) is 0 Å². The van der Waals surface area contributed by atoms with E-state index in [4.69, 9.17) is 22.1 Å². The molecule has 0 unspecified atom stereocenters. The average Bonchev–Trinajstić information content (AvgIpc) is 2.37. The van der Waals surface area contributed by atoms with Crippen molar-refractivity contribution in [2.45, 2.75) is 6.61 Å². The minimum Gasteiger partial charge on any atom is -0.457 e. The molecule has 19 heavy (non-hydrogen) atoms. The lowest BCUT2D eigenvalue weighted by Crippen LogP contribution is -2.09. The molecule has 0 aromatic heterocycles. The number of esters is 1. The Morgan fingerprint density at radius 3 is 2.63 bits per heavy atom. The fourth-order valence-corrected chi connectivity index (χ4v) is 2.25. The third-order valence-corrected chi connectivity index (χ3v) is 3.66. The highest BCUT2D eigenvalue weighted by Crippen LogP contribution is 2.24. The minimum atomic E-state index is -0.529. The van der Waals surface area contributed by atoms with Crippen LogP contribution in [0.2, 0.25) is 5.02 Å². The fraction of sp³-hybridized carbons (Fsp3) is 0.0714. The van der Waals surface area contributed by atoms with Gasteiger partial charge in [-0.15, -0.1) is 0 Å². The van der Waals surface area contributed by atoms with Gasteiger partial charge in [0.1, 0.15) is 12.2 Å². The topological polar surface area (TPSA) is 52.3 Å². The van der Waals surface area contributed by atoms with E-state index in [0.717, 1.165) is 10.0 Å². The van der Waals surface area contributed by atoms with Crippen molar-refractivity contribution in [3.05, 3.63) is 63.1 Å². The van der Waals surface area contributed by atoms with Crippen LogP contribution in [0.25, 0.3) is 0 Å². The number of carbonyl (C=O) groups excluding carboxylic acids is 1. The highest BCUT2D eigenvalue weighted by atomic mass is 79.9. The second kappa shape index (κ2) is 6.08. The van der Waals surface area contributed by atoms with Crippen LogP contribution in [-0.2, 0) is 11.3 Å². The summed E-state index contributed by atoms with van der Waals surface area (Å²) in [6, 6.07) is 12.4. The fourth-order valence-electron chi connectivity index (χ4n) is 1.59. The van der Waals surface area contributed by atoms with Gasteiger partial charge in [0.05, 0.1) is 5.02 Å². The van der Waals surface area contributed by atoms with Crippen LogP contribution in [-0.4, -0.2) is 5.97 Å². The molecule has 2 N–H and O–H groups in total. The molecule has 0 fully saturated rings. The SMILES string of the molecule is Nc1cccc(Cl)c1C(=O)OCc1ccccc1Br. The van der Waals surface area contributed by atoms with Crippen molar-refractivity contribution in [3.8, 4) is 0 Å². The molecule has 0 heterocycles. The van der Waals surface area contributed by atoms with Crippen molar-refractivity contribution in [2.75, 3.05) is 5.73 Å². The van der Waals surface area contributed by atoms with Crippen molar-refractivity contribution in [1.29, 1.82) is 0 Å². The molecule has 98 valence electrons. The lowest BCUT2D eigenvalue weighted by atomic mass is 10.2. The van der Waals surface area contributed by atoms with E-state index in [1.807, 2.05) is 24.3 Å². The Kier molecular flexibility index (Phi) is 4.45. The lowest BCUT2D eigenvalue weighted by molar-refractivity contribution is 0.0473. The molecule has 2 aromatic carbocycles. The number of rotatable bonds is 3. The Morgan fingerprint density at radius 1 is 1.21 bits per heavy atom. The maximum absolute atomic E-state index is 12.0. The summed E-state index contributed by atoms with van der Waals surface area (Å²) >= 11 is 9.34. The maximum atomic E-state index is 12.0. The zero-order valence-electron chi connectivity index (χ0n) is 9.90. The minimum absolute atomic E-state index is 0.158. The van der Waals surface area contributed by atoms with Crippen LogP contribution in [0.4, 0.5) is 5.69 Å². The zero-order valence-corrected chi connectivity index (χ0v) is 12.2. The predicted octanol–water partition coefficient (Wildman–Crippen LogP) is 4.04.